The Balaban J connectivity index is 1.64. The summed E-state index contributed by atoms with van der Waals surface area (Å²) in [6.07, 6.45) is 4.25. The summed E-state index contributed by atoms with van der Waals surface area (Å²) in [6.45, 7) is 4.19. The minimum Gasteiger partial charge on any atom is -0.337 e. The van der Waals surface area contributed by atoms with Crippen molar-refractivity contribution in [3.05, 3.63) is 35.4 Å². The highest BCUT2D eigenvalue weighted by Gasteiger charge is 2.39. The largest absolute Gasteiger partial charge is 0.337 e. The maximum Gasteiger partial charge on any atom is 0.246 e. The molecule has 1 aromatic carbocycles. The van der Waals surface area contributed by atoms with Crippen LogP contribution in [0.5, 0.6) is 0 Å². The number of nitrogens with zero attached hydrogens (tertiary/aromatic N) is 3. The maximum absolute atomic E-state index is 13.2. The minimum absolute atomic E-state index is 0.0937. The van der Waals surface area contributed by atoms with Crippen LogP contribution in [0.4, 0.5) is 0 Å². The molecule has 0 aromatic heterocycles. The molecule has 1 aliphatic carbocycles. The molecular weight excluding hydrogens is 370 g/mol. The Bertz CT molecular complexity index is 671. The third-order valence-corrected chi connectivity index (χ3v) is 6.76. The second kappa shape index (κ2) is 9.79. The van der Waals surface area contributed by atoms with Crippen molar-refractivity contribution in [3.63, 3.8) is 0 Å². The van der Waals surface area contributed by atoms with Crippen molar-refractivity contribution in [2.45, 2.75) is 51.7 Å². The van der Waals surface area contributed by atoms with Gasteiger partial charge in [-0.2, -0.15) is 0 Å². The fourth-order valence-corrected chi connectivity index (χ4v) is 5.32. The second-order valence-electron chi connectivity index (χ2n) is 8.21. The lowest BCUT2D eigenvalue weighted by Crippen LogP contribution is -2.50. The first-order chi connectivity index (χ1) is 13.5. The van der Waals surface area contributed by atoms with Crippen molar-refractivity contribution in [2.75, 3.05) is 32.3 Å². The Morgan fingerprint density at radius 1 is 1.07 bits per heavy atom. The molecule has 154 valence electrons. The predicted molar refractivity (Wildman–Crippen MR) is 115 cm³/mol. The van der Waals surface area contributed by atoms with E-state index in [1.807, 2.05) is 16.7 Å². The van der Waals surface area contributed by atoms with E-state index in [0.29, 0.717) is 19.0 Å². The van der Waals surface area contributed by atoms with E-state index in [1.165, 1.54) is 5.56 Å². The Kier molecular flexibility index (Phi) is 7.41. The van der Waals surface area contributed by atoms with Gasteiger partial charge in [-0.1, -0.05) is 37.1 Å². The first-order valence-electron chi connectivity index (χ1n) is 10.4. The highest BCUT2D eigenvalue weighted by Crippen LogP contribution is 2.31. The first kappa shape index (κ1) is 21.2. The van der Waals surface area contributed by atoms with Crippen LogP contribution in [0.25, 0.3) is 0 Å². The summed E-state index contributed by atoms with van der Waals surface area (Å²) < 4.78 is 0. The Morgan fingerprint density at radius 2 is 1.68 bits per heavy atom. The third kappa shape index (κ3) is 5.09. The molecule has 1 aliphatic heterocycles. The fourth-order valence-electron chi connectivity index (χ4n) is 4.16. The molecule has 0 N–H and O–H groups in total. The lowest BCUT2D eigenvalue weighted by Gasteiger charge is -2.30. The van der Waals surface area contributed by atoms with Gasteiger partial charge in [-0.05, 0) is 45.0 Å². The van der Waals surface area contributed by atoms with Crippen LogP contribution >= 0.6 is 11.8 Å². The molecule has 1 saturated heterocycles. The van der Waals surface area contributed by atoms with Gasteiger partial charge < -0.3 is 14.7 Å². The average molecular weight is 404 g/mol. The molecule has 1 unspecified atom stereocenters. The van der Waals surface area contributed by atoms with Crippen molar-refractivity contribution < 1.29 is 9.59 Å². The van der Waals surface area contributed by atoms with E-state index in [0.717, 1.165) is 43.5 Å². The maximum atomic E-state index is 13.2. The van der Waals surface area contributed by atoms with Crippen LogP contribution in [0, 0.1) is 5.92 Å². The van der Waals surface area contributed by atoms with Gasteiger partial charge in [-0.25, -0.2) is 0 Å². The molecule has 2 amide bonds. The summed E-state index contributed by atoms with van der Waals surface area (Å²) in [5, 5.41) is 0. The van der Waals surface area contributed by atoms with E-state index in [-0.39, 0.29) is 23.8 Å². The molecule has 0 radical (unpaired) electrons. The lowest BCUT2D eigenvalue weighted by molar-refractivity contribution is -0.145. The number of benzene rings is 1. The summed E-state index contributed by atoms with van der Waals surface area (Å²) in [4.78, 5) is 32.0. The fraction of sp³-hybridized carbons (Fsp3) is 0.636. The molecule has 2 fully saturated rings. The van der Waals surface area contributed by atoms with Crippen LogP contribution in [0.1, 0.15) is 43.7 Å². The number of amides is 2. The molecule has 1 aromatic rings. The average Bonchev–Trinajstić information content (AvgIpc) is 3.37. The number of hydrogen-bond acceptors (Lipinski definition) is 4. The summed E-state index contributed by atoms with van der Waals surface area (Å²) in [5.41, 5.74) is 2.40. The summed E-state index contributed by atoms with van der Waals surface area (Å²) in [6, 6.07) is 8.19. The van der Waals surface area contributed by atoms with Gasteiger partial charge in [0.05, 0.1) is 5.88 Å². The number of hydrogen-bond donors (Lipinski definition) is 0. The third-order valence-electron chi connectivity index (χ3n) is 5.74. The molecule has 2 aliphatic rings. The van der Waals surface area contributed by atoms with Crippen molar-refractivity contribution in [3.8, 4) is 0 Å². The van der Waals surface area contributed by atoms with Crippen molar-refractivity contribution in [2.24, 2.45) is 5.92 Å². The molecule has 5 nitrogen and oxygen atoms in total. The standard InChI is InChI=1S/C22H33N3O2S/c1-4-24(14-18-11-9-17(10-12-18)13-23(2)3)22(27)20-15-28-16-25(20)21(26)19-7-5-6-8-19/h9-12,19-20H,4-8,13-16H2,1-3H3. The predicted octanol–water partition coefficient (Wildman–Crippen LogP) is 3.19. The Hall–Kier alpha value is -1.53. The normalized spacial score (nSPS) is 20.1. The lowest BCUT2D eigenvalue weighted by atomic mass is 10.1. The van der Waals surface area contributed by atoms with E-state index in [4.69, 9.17) is 0 Å². The monoisotopic (exact) mass is 403 g/mol. The van der Waals surface area contributed by atoms with Gasteiger partial charge in [0, 0.05) is 31.3 Å². The first-order valence-corrected chi connectivity index (χ1v) is 11.5. The summed E-state index contributed by atoms with van der Waals surface area (Å²) in [5.74, 6) is 1.80. The number of rotatable bonds is 7. The van der Waals surface area contributed by atoms with E-state index in [2.05, 4.69) is 43.3 Å². The quantitative estimate of drug-likeness (QED) is 0.701. The minimum atomic E-state index is -0.300. The van der Waals surface area contributed by atoms with Gasteiger partial charge in [-0.3, -0.25) is 9.59 Å². The van der Waals surface area contributed by atoms with Crippen molar-refractivity contribution in [1.29, 1.82) is 0 Å². The van der Waals surface area contributed by atoms with Crippen LogP contribution in [0.15, 0.2) is 24.3 Å². The summed E-state index contributed by atoms with van der Waals surface area (Å²) in [7, 11) is 4.12. The van der Waals surface area contributed by atoms with Crippen LogP contribution in [0.2, 0.25) is 0 Å². The topological polar surface area (TPSA) is 43.9 Å². The van der Waals surface area contributed by atoms with Gasteiger partial charge in [0.1, 0.15) is 6.04 Å². The number of carbonyl (C=O) groups is 2. The Labute approximate surface area is 173 Å². The van der Waals surface area contributed by atoms with Gasteiger partial charge in [0.15, 0.2) is 0 Å². The number of likely N-dealkylation sites (N-methyl/N-ethyl adjacent to an activating group) is 1. The van der Waals surface area contributed by atoms with Crippen LogP contribution in [-0.2, 0) is 22.7 Å². The number of carbonyl (C=O) groups excluding carboxylic acids is 2. The number of thioether (sulfide) groups is 1. The van der Waals surface area contributed by atoms with Gasteiger partial charge >= 0.3 is 0 Å². The van der Waals surface area contributed by atoms with E-state index in [9.17, 15) is 9.59 Å². The summed E-state index contributed by atoms with van der Waals surface area (Å²) >= 11 is 1.70. The van der Waals surface area contributed by atoms with E-state index < -0.39 is 0 Å². The molecule has 28 heavy (non-hydrogen) atoms. The molecule has 1 heterocycles. The van der Waals surface area contributed by atoms with Gasteiger partial charge in [0.25, 0.3) is 0 Å². The zero-order chi connectivity index (χ0) is 20.1. The smallest absolute Gasteiger partial charge is 0.246 e. The SMILES string of the molecule is CCN(Cc1ccc(CN(C)C)cc1)C(=O)C1CSCN1C(=O)C1CCCC1. The van der Waals surface area contributed by atoms with Gasteiger partial charge in [0.2, 0.25) is 11.8 Å². The van der Waals surface area contributed by atoms with Crippen molar-refractivity contribution in [1.82, 2.24) is 14.7 Å². The second-order valence-corrected chi connectivity index (χ2v) is 9.21. The highest BCUT2D eigenvalue weighted by molar-refractivity contribution is 7.99. The van der Waals surface area contributed by atoms with E-state index in [1.54, 1.807) is 11.8 Å². The van der Waals surface area contributed by atoms with Crippen molar-refractivity contribution >= 4 is 23.6 Å². The van der Waals surface area contributed by atoms with Crippen LogP contribution in [0.3, 0.4) is 0 Å². The zero-order valence-electron chi connectivity index (χ0n) is 17.4. The molecular formula is C22H33N3O2S. The van der Waals surface area contributed by atoms with Gasteiger partial charge in [-0.15, -0.1) is 11.8 Å². The van der Waals surface area contributed by atoms with Crippen LogP contribution in [-0.4, -0.2) is 64.8 Å². The Morgan fingerprint density at radius 3 is 2.25 bits per heavy atom. The molecule has 3 rings (SSSR count). The molecule has 1 saturated carbocycles. The molecule has 1 atom stereocenters. The van der Waals surface area contributed by atoms with Crippen LogP contribution < -0.4 is 0 Å². The molecule has 0 bridgehead atoms. The highest BCUT2D eigenvalue weighted by atomic mass is 32.2. The molecule has 6 heteroatoms. The van der Waals surface area contributed by atoms with E-state index >= 15 is 0 Å². The zero-order valence-corrected chi connectivity index (χ0v) is 18.2. The molecule has 0 spiro atoms.